The number of rotatable bonds is 6. The quantitative estimate of drug-likeness (QED) is 0.849. The number of hydrogen-bond donors (Lipinski definition) is 1. The van der Waals surface area contributed by atoms with Crippen molar-refractivity contribution in [2.75, 3.05) is 24.6 Å². The van der Waals surface area contributed by atoms with Crippen LogP contribution in [0.25, 0.3) is 0 Å². The molecule has 1 saturated carbocycles. The summed E-state index contributed by atoms with van der Waals surface area (Å²) in [6.07, 6.45) is 7.14. The maximum absolute atomic E-state index is 5.88. The van der Waals surface area contributed by atoms with E-state index >= 15 is 0 Å². The highest BCUT2D eigenvalue weighted by Gasteiger charge is 2.31. The third kappa shape index (κ3) is 3.15. The van der Waals surface area contributed by atoms with Gasteiger partial charge >= 0.3 is 0 Å². The van der Waals surface area contributed by atoms with E-state index in [0.29, 0.717) is 24.4 Å². The first-order chi connectivity index (χ1) is 9.30. The molecule has 0 aromatic carbocycles. The Kier molecular flexibility index (Phi) is 4.96. The Hall–Kier alpha value is -1.36. The molecule has 1 aromatic rings. The minimum Gasteiger partial charge on any atom is -0.477 e. The molecule has 2 rings (SSSR count). The second kappa shape index (κ2) is 6.70. The highest BCUT2D eigenvalue weighted by atomic mass is 16.5. The fraction of sp³-hybridized carbons (Fsp3) is 0.714. The zero-order valence-electron chi connectivity index (χ0n) is 11.9. The summed E-state index contributed by atoms with van der Waals surface area (Å²) >= 11 is 0. The van der Waals surface area contributed by atoms with Crippen molar-refractivity contribution in [3.63, 3.8) is 0 Å². The lowest BCUT2D eigenvalue weighted by Gasteiger charge is -2.32. The molecule has 0 amide bonds. The Labute approximate surface area is 115 Å². The minimum absolute atomic E-state index is 0.487. The van der Waals surface area contributed by atoms with E-state index in [-0.39, 0.29) is 0 Å². The van der Waals surface area contributed by atoms with Gasteiger partial charge in [0.25, 0.3) is 0 Å². The van der Waals surface area contributed by atoms with E-state index in [9.17, 15) is 0 Å². The van der Waals surface area contributed by atoms with Crippen LogP contribution in [0.5, 0.6) is 5.88 Å². The van der Waals surface area contributed by atoms with E-state index in [1.165, 1.54) is 19.3 Å². The summed E-state index contributed by atoms with van der Waals surface area (Å²) in [6.45, 7) is 6.39. The summed E-state index contributed by atoms with van der Waals surface area (Å²) in [7, 11) is 0. The Balaban J connectivity index is 2.18. The van der Waals surface area contributed by atoms with Crippen LogP contribution in [0.3, 0.4) is 0 Å². The van der Waals surface area contributed by atoms with Crippen molar-refractivity contribution in [3.05, 3.63) is 12.4 Å². The molecule has 1 aromatic heterocycles. The van der Waals surface area contributed by atoms with Gasteiger partial charge in [-0.15, -0.1) is 0 Å². The molecule has 5 heteroatoms. The van der Waals surface area contributed by atoms with Gasteiger partial charge < -0.3 is 15.4 Å². The van der Waals surface area contributed by atoms with Crippen LogP contribution in [0, 0.1) is 5.92 Å². The fourth-order valence-electron chi connectivity index (χ4n) is 2.96. The van der Waals surface area contributed by atoms with Gasteiger partial charge in [0.15, 0.2) is 5.82 Å². The van der Waals surface area contributed by atoms with Crippen LogP contribution in [0.15, 0.2) is 12.4 Å². The molecule has 0 aliphatic heterocycles. The number of nitrogens with zero attached hydrogens (tertiary/aromatic N) is 3. The van der Waals surface area contributed by atoms with Crippen LogP contribution in [-0.4, -0.2) is 35.7 Å². The fourth-order valence-corrected chi connectivity index (χ4v) is 2.96. The van der Waals surface area contributed by atoms with Crippen molar-refractivity contribution in [1.29, 1.82) is 0 Å². The van der Waals surface area contributed by atoms with Gasteiger partial charge in [-0.25, -0.2) is 0 Å². The predicted molar refractivity (Wildman–Crippen MR) is 76.4 cm³/mol. The molecule has 5 nitrogen and oxygen atoms in total. The van der Waals surface area contributed by atoms with Crippen LogP contribution in [0.1, 0.15) is 33.1 Å². The predicted octanol–water partition coefficient (Wildman–Crippen LogP) is 1.83. The van der Waals surface area contributed by atoms with Crippen molar-refractivity contribution in [2.24, 2.45) is 11.7 Å². The summed E-state index contributed by atoms with van der Waals surface area (Å²) < 4.78 is 5.43. The standard InChI is InChI=1S/C14H24N4O/c1-3-18(12-7-5-6-11(12)8-15)13-9-16-10-14(17-13)19-4-2/h9-12H,3-8,15H2,1-2H3. The maximum atomic E-state index is 5.88. The molecule has 1 aliphatic carbocycles. The number of nitrogens with two attached hydrogens (primary N) is 1. The molecule has 19 heavy (non-hydrogen) atoms. The number of aromatic nitrogens is 2. The normalized spacial score (nSPS) is 22.5. The highest BCUT2D eigenvalue weighted by Crippen LogP contribution is 2.31. The van der Waals surface area contributed by atoms with Crippen molar-refractivity contribution >= 4 is 5.82 Å². The van der Waals surface area contributed by atoms with Gasteiger partial charge in [-0.05, 0) is 39.2 Å². The monoisotopic (exact) mass is 264 g/mol. The third-order valence-electron chi connectivity index (χ3n) is 3.85. The minimum atomic E-state index is 0.487. The summed E-state index contributed by atoms with van der Waals surface area (Å²) in [5.74, 6) is 2.07. The first-order valence-corrected chi connectivity index (χ1v) is 7.21. The lowest BCUT2D eigenvalue weighted by atomic mass is 10.0. The Morgan fingerprint density at radius 1 is 1.37 bits per heavy atom. The van der Waals surface area contributed by atoms with Crippen LogP contribution in [0.4, 0.5) is 5.82 Å². The van der Waals surface area contributed by atoms with Crippen LogP contribution in [-0.2, 0) is 0 Å². The number of hydrogen-bond acceptors (Lipinski definition) is 5. The number of ether oxygens (including phenoxy) is 1. The first kappa shape index (κ1) is 14.1. The second-order valence-electron chi connectivity index (χ2n) is 4.93. The average molecular weight is 264 g/mol. The molecule has 2 atom stereocenters. The Morgan fingerprint density at radius 3 is 2.89 bits per heavy atom. The lowest BCUT2D eigenvalue weighted by molar-refractivity contribution is 0.324. The average Bonchev–Trinajstić information content (AvgIpc) is 2.89. The molecule has 0 bridgehead atoms. The topological polar surface area (TPSA) is 64.3 Å². The lowest BCUT2D eigenvalue weighted by Crippen LogP contribution is -2.41. The molecule has 1 heterocycles. The first-order valence-electron chi connectivity index (χ1n) is 7.21. The second-order valence-corrected chi connectivity index (χ2v) is 4.93. The zero-order chi connectivity index (χ0) is 13.7. The van der Waals surface area contributed by atoms with Crippen molar-refractivity contribution in [1.82, 2.24) is 9.97 Å². The zero-order valence-corrected chi connectivity index (χ0v) is 11.9. The van der Waals surface area contributed by atoms with Gasteiger partial charge in [-0.1, -0.05) is 6.42 Å². The molecule has 1 aliphatic rings. The molecular weight excluding hydrogens is 240 g/mol. The molecule has 2 N–H and O–H groups in total. The van der Waals surface area contributed by atoms with Gasteiger partial charge in [-0.3, -0.25) is 4.98 Å². The molecule has 0 saturated heterocycles. The summed E-state index contributed by atoms with van der Waals surface area (Å²) in [5.41, 5.74) is 5.88. The van der Waals surface area contributed by atoms with E-state index < -0.39 is 0 Å². The Bertz CT molecular complexity index is 399. The largest absolute Gasteiger partial charge is 0.477 e. The maximum Gasteiger partial charge on any atom is 0.234 e. The van der Waals surface area contributed by atoms with Gasteiger partial charge in [0.2, 0.25) is 5.88 Å². The molecule has 2 unspecified atom stereocenters. The molecule has 0 spiro atoms. The molecular formula is C14H24N4O. The summed E-state index contributed by atoms with van der Waals surface area (Å²) in [5, 5.41) is 0. The highest BCUT2D eigenvalue weighted by molar-refractivity contribution is 5.39. The van der Waals surface area contributed by atoms with Crippen molar-refractivity contribution < 1.29 is 4.74 Å². The third-order valence-corrected chi connectivity index (χ3v) is 3.85. The smallest absolute Gasteiger partial charge is 0.234 e. The van der Waals surface area contributed by atoms with Crippen LogP contribution in [0.2, 0.25) is 0 Å². The Morgan fingerprint density at radius 2 is 2.21 bits per heavy atom. The van der Waals surface area contributed by atoms with Crippen molar-refractivity contribution in [3.8, 4) is 5.88 Å². The molecule has 1 fully saturated rings. The van der Waals surface area contributed by atoms with Gasteiger partial charge in [0.05, 0.1) is 19.0 Å². The molecule has 0 radical (unpaired) electrons. The number of anilines is 1. The molecule has 106 valence electrons. The van der Waals surface area contributed by atoms with Gasteiger partial charge in [0.1, 0.15) is 0 Å². The van der Waals surface area contributed by atoms with Crippen LogP contribution >= 0.6 is 0 Å². The van der Waals surface area contributed by atoms with E-state index in [1.807, 2.05) is 13.1 Å². The van der Waals surface area contributed by atoms with Gasteiger partial charge in [-0.2, -0.15) is 4.98 Å². The van der Waals surface area contributed by atoms with Crippen molar-refractivity contribution in [2.45, 2.75) is 39.2 Å². The SMILES string of the molecule is CCOc1cncc(N(CC)C2CCCC2CN)n1. The summed E-state index contributed by atoms with van der Waals surface area (Å²) in [6, 6.07) is 0.487. The summed E-state index contributed by atoms with van der Waals surface area (Å²) in [4.78, 5) is 11.1. The van der Waals surface area contributed by atoms with E-state index in [4.69, 9.17) is 10.5 Å². The van der Waals surface area contributed by atoms with Crippen LogP contribution < -0.4 is 15.4 Å². The van der Waals surface area contributed by atoms with Gasteiger partial charge in [0, 0.05) is 12.6 Å². The van der Waals surface area contributed by atoms with E-state index in [1.54, 1.807) is 6.20 Å². The van der Waals surface area contributed by atoms with E-state index in [0.717, 1.165) is 18.9 Å². The van der Waals surface area contributed by atoms with E-state index in [2.05, 4.69) is 21.8 Å².